The Labute approximate surface area is 78.2 Å². The molecular weight excluding hydrogens is 164 g/mol. The summed E-state index contributed by atoms with van der Waals surface area (Å²) in [4.78, 5) is 7.56. The molecule has 13 heavy (non-hydrogen) atoms. The Hall–Kier alpha value is -0.830. The second-order valence-electron chi connectivity index (χ2n) is 4.15. The number of hydrogen-bond donors (Lipinski definition) is 2. The van der Waals surface area contributed by atoms with Gasteiger partial charge in [-0.1, -0.05) is 13.8 Å². The Balaban J connectivity index is 2.35. The fraction of sp³-hybridized carbons (Fsp3) is 0.700. The van der Waals surface area contributed by atoms with Gasteiger partial charge in [-0.25, -0.2) is 4.98 Å². The lowest BCUT2D eigenvalue weighted by Crippen LogP contribution is -2.14. The number of fused-ring (bicyclic) bond motifs is 1. The van der Waals surface area contributed by atoms with Crippen molar-refractivity contribution in [1.82, 2.24) is 9.97 Å². The molecule has 1 aliphatic rings. The number of aliphatic hydroxyl groups excluding tert-OH is 1. The van der Waals surface area contributed by atoms with Crippen LogP contribution in [0.15, 0.2) is 0 Å². The van der Waals surface area contributed by atoms with Crippen LogP contribution in [0.3, 0.4) is 0 Å². The van der Waals surface area contributed by atoms with Crippen LogP contribution >= 0.6 is 0 Å². The monoisotopic (exact) mass is 180 g/mol. The van der Waals surface area contributed by atoms with Crippen molar-refractivity contribution in [2.45, 2.75) is 39.2 Å². The van der Waals surface area contributed by atoms with Crippen LogP contribution in [0.4, 0.5) is 0 Å². The maximum absolute atomic E-state index is 8.95. The van der Waals surface area contributed by atoms with Crippen LogP contribution in [0.2, 0.25) is 0 Å². The molecule has 0 amide bonds. The molecular formula is C10H16N2O. The molecule has 3 nitrogen and oxygen atoms in total. The molecule has 0 saturated heterocycles. The molecule has 2 rings (SSSR count). The van der Waals surface area contributed by atoms with Gasteiger partial charge in [0.25, 0.3) is 0 Å². The summed E-state index contributed by atoms with van der Waals surface area (Å²) in [7, 11) is 0. The van der Waals surface area contributed by atoms with Crippen LogP contribution < -0.4 is 0 Å². The number of nitrogens with one attached hydrogen (secondary N) is 1. The first kappa shape index (κ1) is 8.75. The normalized spacial score (nSPS) is 27.3. The van der Waals surface area contributed by atoms with Gasteiger partial charge in [-0.15, -0.1) is 0 Å². The number of nitrogens with zero attached hydrogens (tertiary/aromatic N) is 1. The molecule has 2 N–H and O–H groups in total. The van der Waals surface area contributed by atoms with Crippen LogP contribution in [0, 0.1) is 5.92 Å². The summed E-state index contributed by atoms with van der Waals surface area (Å²) in [5.74, 6) is 1.98. The van der Waals surface area contributed by atoms with Gasteiger partial charge in [0.05, 0.1) is 5.69 Å². The second-order valence-corrected chi connectivity index (χ2v) is 4.15. The fourth-order valence-corrected chi connectivity index (χ4v) is 2.26. The molecule has 0 fully saturated rings. The van der Waals surface area contributed by atoms with E-state index in [2.05, 4.69) is 23.8 Å². The van der Waals surface area contributed by atoms with Crippen LogP contribution in [0.5, 0.6) is 0 Å². The Morgan fingerprint density at radius 1 is 1.54 bits per heavy atom. The first-order valence-electron chi connectivity index (χ1n) is 4.89. The number of aromatic nitrogens is 2. The van der Waals surface area contributed by atoms with E-state index in [1.54, 1.807) is 0 Å². The predicted octanol–water partition coefficient (Wildman–Crippen LogP) is 1.59. The zero-order valence-electron chi connectivity index (χ0n) is 8.17. The summed E-state index contributed by atoms with van der Waals surface area (Å²) in [5, 5.41) is 8.95. The van der Waals surface area contributed by atoms with Crippen LogP contribution in [0.1, 0.15) is 43.4 Å². The second kappa shape index (κ2) is 3.14. The van der Waals surface area contributed by atoms with Gasteiger partial charge in [-0.05, 0) is 18.8 Å². The highest BCUT2D eigenvalue weighted by molar-refractivity contribution is 5.22. The smallest absolute Gasteiger partial charge is 0.132 e. The molecule has 0 aliphatic heterocycles. The van der Waals surface area contributed by atoms with Crippen molar-refractivity contribution in [1.29, 1.82) is 0 Å². The molecule has 2 unspecified atom stereocenters. The maximum atomic E-state index is 8.95. The highest BCUT2D eigenvalue weighted by Crippen LogP contribution is 2.32. The molecule has 1 heterocycles. The minimum Gasteiger partial charge on any atom is -0.388 e. The largest absolute Gasteiger partial charge is 0.388 e. The summed E-state index contributed by atoms with van der Waals surface area (Å²) in [6.07, 6.45) is 2.29. The molecule has 0 spiro atoms. The third kappa shape index (κ3) is 1.48. The lowest BCUT2D eigenvalue weighted by molar-refractivity contribution is 0.272. The van der Waals surface area contributed by atoms with E-state index < -0.39 is 0 Å². The van der Waals surface area contributed by atoms with E-state index >= 15 is 0 Å². The summed E-state index contributed by atoms with van der Waals surface area (Å²) in [6.45, 7) is 4.49. The summed E-state index contributed by atoms with van der Waals surface area (Å²) >= 11 is 0. The average molecular weight is 180 g/mol. The molecule has 2 atom stereocenters. The Morgan fingerprint density at radius 2 is 2.31 bits per heavy atom. The van der Waals surface area contributed by atoms with E-state index in [-0.39, 0.29) is 6.61 Å². The van der Waals surface area contributed by atoms with Crippen molar-refractivity contribution in [2.24, 2.45) is 5.92 Å². The van der Waals surface area contributed by atoms with Gasteiger partial charge in [0.1, 0.15) is 12.4 Å². The van der Waals surface area contributed by atoms with Gasteiger partial charge in [0.15, 0.2) is 0 Å². The molecule has 72 valence electrons. The molecule has 0 saturated carbocycles. The van der Waals surface area contributed by atoms with E-state index in [1.807, 2.05) is 0 Å². The van der Waals surface area contributed by atoms with Crippen LogP contribution in [-0.4, -0.2) is 15.1 Å². The van der Waals surface area contributed by atoms with E-state index in [9.17, 15) is 0 Å². The zero-order chi connectivity index (χ0) is 9.42. The summed E-state index contributed by atoms with van der Waals surface area (Å²) < 4.78 is 0. The minimum atomic E-state index is 0.0219. The topological polar surface area (TPSA) is 48.9 Å². The SMILES string of the molecule is CC1Cc2[nH]c(CO)nc2C(C)C1. The Kier molecular flexibility index (Phi) is 2.12. The molecule has 1 aliphatic carbocycles. The number of aromatic amines is 1. The third-order valence-corrected chi connectivity index (χ3v) is 2.78. The molecule has 0 radical (unpaired) electrons. The zero-order valence-corrected chi connectivity index (χ0v) is 8.17. The quantitative estimate of drug-likeness (QED) is 0.689. The molecule has 1 aromatic heterocycles. The first-order chi connectivity index (χ1) is 6.20. The molecule has 0 bridgehead atoms. The maximum Gasteiger partial charge on any atom is 0.132 e. The number of rotatable bonds is 1. The van der Waals surface area contributed by atoms with Crippen LogP contribution in [-0.2, 0) is 13.0 Å². The lowest BCUT2D eigenvalue weighted by Gasteiger charge is -2.22. The van der Waals surface area contributed by atoms with Crippen molar-refractivity contribution in [3.8, 4) is 0 Å². The first-order valence-corrected chi connectivity index (χ1v) is 4.89. The van der Waals surface area contributed by atoms with E-state index in [1.165, 1.54) is 17.8 Å². The van der Waals surface area contributed by atoms with E-state index in [4.69, 9.17) is 5.11 Å². The van der Waals surface area contributed by atoms with Gasteiger partial charge in [0, 0.05) is 11.6 Å². The summed E-state index contributed by atoms with van der Waals surface area (Å²) in [6, 6.07) is 0. The number of aliphatic hydroxyl groups is 1. The predicted molar refractivity (Wildman–Crippen MR) is 50.4 cm³/mol. The van der Waals surface area contributed by atoms with Crippen molar-refractivity contribution < 1.29 is 5.11 Å². The van der Waals surface area contributed by atoms with Crippen molar-refractivity contribution >= 4 is 0 Å². The van der Waals surface area contributed by atoms with Gasteiger partial charge < -0.3 is 10.1 Å². The number of H-pyrrole nitrogens is 1. The molecule has 3 heteroatoms. The average Bonchev–Trinajstić information content (AvgIpc) is 2.47. The highest BCUT2D eigenvalue weighted by atomic mass is 16.3. The van der Waals surface area contributed by atoms with E-state index in [0.29, 0.717) is 11.7 Å². The molecule has 1 aromatic rings. The van der Waals surface area contributed by atoms with Crippen molar-refractivity contribution in [2.75, 3.05) is 0 Å². The molecule has 0 aromatic carbocycles. The van der Waals surface area contributed by atoms with Gasteiger partial charge in [-0.2, -0.15) is 0 Å². The van der Waals surface area contributed by atoms with Crippen molar-refractivity contribution in [3.05, 3.63) is 17.2 Å². The lowest BCUT2D eigenvalue weighted by atomic mass is 9.84. The Bertz CT molecular complexity index is 306. The standard InChI is InChI=1S/C10H16N2O/c1-6-3-7(2)10-8(4-6)11-9(5-13)12-10/h6-7,13H,3-5H2,1-2H3,(H,11,12). The van der Waals surface area contributed by atoms with Gasteiger partial charge >= 0.3 is 0 Å². The number of imidazole rings is 1. The van der Waals surface area contributed by atoms with Crippen molar-refractivity contribution in [3.63, 3.8) is 0 Å². The third-order valence-electron chi connectivity index (χ3n) is 2.78. The number of hydrogen-bond acceptors (Lipinski definition) is 2. The van der Waals surface area contributed by atoms with E-state index in [0.717, 1.165) is 12.3 Å². The van der Waals surface area contributed by atoms with Crippen LogP contribution in [0.25, 0.3) is 0 Å². The minimum absolute atomic E-state index is 0.0219. The Morgan fingerprint density at radius 3 is 3.00 bits per heavy atom. The summed E-state index contributed by atoms with van der Waals surface area (Å²) in [5.41, 5.74) is 2.40. The fourth-order valence-electron chi connectivity index (χ4n) is 2.26. The van der Waals surface area contributed by atoms with Gasteiger partial charge in [0.2, 0.25) is 0 Å². The van der Waals surface area contributed by atoms with Gasteiger partial charge in [-0.3, -0.25) is 0 Å². The highest BCUT2D eigenvalue weighted by Gasteiger charge is 2.24.